The van der Waals surface area contributed by atoms with Crippen LogP contribution in [0.4, 0.5) is 0 Å². The molecule has 0 aliphatic heterocycles. The van der Waals surface area contributed by atoms with E-state index in [9.17, 15) is 14.7 Å². The first-order valence-electron chi connectivity index (χ1n) is 2.65. The number of rotatable bonds is 4. The smallest absolute Gasteiger partial charge is 0.545 e. The zero-order chi connectivity index (χ0) is 8.15. The van der Waals surface area contributed by atoms with Gasteiger partial charge >= 0.3 is 35.5 Å². The first kappa shape index (κ1) is 13.3. The Bertz CT molecular complexity index is 175. The second-order valence-corrected chi connectivity index (χ2v) is 1.78. The van der Waals surface area contributed by atoms with Gasteiger partial charge in [-0.05, 0) is 12.0 Å². The molecular weight excluding hydrogens is 159 g/mol. The largest absolute Gasteiger partial charge is 1.00 e. The fourth-order valence-corrected chi connectivity index (χ4v) is 0.360. The minimum absolute atomic E-state index is 0. The second-order valence-electron chi connectivity index (χ2n) is 1.78. The molecule has 0 aliphatic rings. The van der Waals surface area contributed by atoms with Gasteiger partial charge in [-0.15, -0.1) is 0 Å². The Morgan fingerprint density at radius 3 is 2.09 bits per heavy atom. The van der Waals surface area contributed by atoms with Gasteiger partial charge in [0.2, 0.25) is 0 Å². The van der Waals surface area contributed by atoms with Crippen LogP contribution in [0.3, 0.4) is 0 Å². The molecule has 0 atom stereocenters. The van der Waals surface area contributed by atoms with Gasteiger partial charge in [-0.1, -0.05) is 6.58 Å². The van der Waals surface area contributed by atoms with Crippen LogP contribution < -0.4 is 34.7 Å². The minimum atomic E-state index is -1.39. The number of carboxylic acids is 2. The summed E-state index contributed by atoms with van der Waals surface area (Å²) in [4.78, 5) is 19.8. The first-order valence-corrected chi connectivity index (χ1v) is 2.65. The Labute approximate surface area is 86.2 Å². The molecule has 0 unspecified atom stereocenters. The molecular formula is C6H7NaO4. The molecule has 0 rings (SSSR count). The second kappa shape index (κ2) is 6.39. The van der Waals surface area contributed by atoms with Gasteiger partial charge in [0.15, 0.2) is 0 Å². The van der Waals surface area contributed by atoms with E-state index in [1.165, 1.54) is 0 Å². The monoisotopic (exact) mass is 166 g/mol. The van der Waals surface area contributed by atoms with Crippen LogP contribution in [0.2, 0.25) is 0 Å². The normalized spacial score (nSPS) is 8.00. The van der Waals surface area contributed by atoms with E-state index >= 15 is 0 Å². The molecule has 0 spiro atoms. The van der Waals surface area contributed by atoms with Crippen molar-refractivity contribution in [3.8, 4) is 0 Å². The van der Waals surface area contributed by atoms with Crippen LogP contribution in [-0.4, -0.2) is 17.0 Å². The molecule has 0 radical (unpaired) electrons. The van der Waals surface area contributed by atoms with Crippen LogP contribution in [0, 0.1) is 0 Å². The number of hydrogen-bond donors (Lipinski definition) is 1. The van der Waals surface area contributed by atoms with Gasteiger partial charge in [-0.3, -0.25) is 4.79 Å². The van der Waals surface area contributed by atoms with Crippen LogP contribution in [0.5, 0.6) is 0 Å². The van der Waals surface area contributed by atoms with E-state index in [-0.39, 0.29) is 48.0 Å². The van der Waals surface area contributed by atoms with Crippen molar-refractivity contribution in [2.75, 3.05) is 0 Å². The predicted octanol–water partition coefficient (Wildman–Crippen LogP) is -3.84. The van der Waals surface area contributed by atoms with Gasteiger partial charge in [-0.2, -0.15) is 0 Å². The molecule has 4 nitrogen and oxygen atoms in total. The third kappa shape index (κ3) is 7.58. The molecule has 0 fully saturated rings. The molecule has 5 heteroatoms. The van der Waals surface area contributed by atoms with Crippen LogP contribution in [0.15, 0.2) is 12.2 Å². The summed E-state index contributed by atoms with van der Waals surface area (Å²) in [5.41, 5.74) is -0.178. The van der Waals surface area contributed by atoms with Crippen molar-refractivity contribution in [1.29, 1.82) is 0 Å². The standard InChI is InChI=1S/C6H8O4.Na/c1-4(6(9)10)2-3-5(7)8;/h1-3H2,(H,7,8)(H,9,10);/q;+1/p-1. The van der Waals surface area contributed by atoms with Gasteiger partial charge in [0.1, 0.15) is 0 Å². The van der Waals surface area contributed by atoms with Crippen LogP contribution >= 0.6 is 0 Å². The fourth-order valence-electron chi connectivity index (χ4n) is 0.360. The molecule has 1 N–H and O–H groups in total. The van der Waals surface area contributed by atoms with E-state index in [2.05, 4.69) is 6.58 Å². The third-order valence-corrected chi connectivity index (χ3v) is 0.929. The summed E-state index contributed by atoms with van der Waals surface area (Å²) in [6.07, 6.45) is -0.273. The molecule has 0 aromatic heterocycles. The van der Waals surface area contributed by atoms with Gasteiger partial charge < -0.3 is 15.0 Å². The number of aliphatic carboxylic acids is 2. The first-order chi connectivity index (χ1) is 4.54. The fraction of sp³-hybridized carbons (Fsp3) is 0.333. The van der Waals surface area contributed by atoms with Crippen molar-refractivity contribution < 1.29 is 49.4 Å². The van der Waals surface area contributed by atoms with Crippen molar-refractivity contribution in [2.24, 2.45) is 0 Å². The number of carboxylic acid groups (broad SMARTS) is 2. The van der Waals surface area contributed by atoms with E-state index in [0.29, 0.717) is 0 Å². The van der Waals surface area contributed by atoms with Crippen molar-refractivity contribution in [2.45, 2.75) is 12.8 Å². The molecule has 0 aliphatic carbocycles. The van der Waals surface area contributed by atoms with E-state index in [4.69, 9.17) is 5.11 Å². The SMILES string of the molecule is C=C(CCC(=O)O)C(=O)[O-].[Na+]. The predicted molar refractivity (Wildman–Crippen MR) is 31.0 cm³/mol. The number of hydrogen-bond acceptors (Lipinski definition) is 3. The number of carbonyl (C=O) groups is 2. The Hall–Kier alpha value is -0.320. The van der Waals surface area contributed by atoms with Gasteiger partial charge in [0, 0.05) is 6.42 Å². The molecule has 11 heavy (non-hydrogen) atoms. The van der Waals surface area contributed by atoms with Crippen LogP contribution in [0.25, 0.3) is 0 Å². The van der Waals surface area contributed by atoms with E-state index in [1.807, 2.05) is 0 Å². The van der Waals surface area contributed by atoms with E-state index < -0.39 is 11.9 Å². The van der Waals surface area contributed by atoms with Crippen molar-refractivity contribution in [3.05, 3.63) is 12.2 Å². The Morgan fingerprint density at radius 1 is 1.36 bits per heavy atom. The molecule has 0 aromatic carbocycles. The van der Waals surface area contributed by atoms with Crippen molar-refractivity contribution in [1.82, 2.24) is 0 Å². The maximum Gasteiger partial charge on any atom is 1.00 e. The number of carbonyl (C=O) groups excluding carboxylic acids is 1. The average molecular weight is 166 g/mol. The van der Waals surface area contributed by atoms with Gasteiger partial charge in [0.25, 0.3) is 0 Å². The molecule has 0 saturated carbocycles. The summed E-state index contributed by atoms with van der Waals surface area (Å²) in [7, 11) is 0. The van der Waals surface area contributed by atoms with E-state index in [1.54, 1.807) is 0 Å². The summed E-state index contributed by atoms with van der Waals surface area (Å²) in [5.74, 6) is -2.43. The molecule has 0 bridgehead atoms. The van der Waals surface area contributed by atoms with E-state index in [0.717, 1.165) is 0 Å². The van der Waals surface area contributed by atoms with Crippen molar-refractivity contribution in [3.63, 3.8) is 0 Å². The molecule has 0 aromatic rings. The van der Waals surface area contributed by atoms with Crippen LogP contribution in [0.1, 0.15) is 12.8 Å². The molecule has 0 amide bonds. The van der Waals surface area contributed by atoms with Crippen LogP contribution in [-0.2, 0) is 9.59 Å². The summed E-state index contributed by atoms with van der Waals surface area (Å²) >= 11 is 0. The quantitative estimate of drug-likeness (QED) is 0.343. The zero-order valence-electron chi connectivity index (χ0n) is 6.29. The molecule has 56 valence electrons. The summed E-state index contributed by atoms with van der Waals surface area (Å²) < 4.78 is 0. The molecule has 0 saturated heterocycles. The zero-order valence-corrected chi connectivity index (χ0v) is 8.29. The average Bonchev–Trinajstić information content (AvgIpc) is 1.82. The Kier molecular flexibility index (Phi) is 7.72. The van der Waals surface area contributed by atoms with Gasteiger partial charge in [0.05, 0.1) is 5.97 Å². The minimum Gasteiger partial charge on any atom is -0.545 e. The molecule has 0 heterocycles. The van der Waals surface area contributed by atoms with Crippen molar-refractivity contribution >= 4 is 11.9 Å². The topological polar surface area (TPSA) is 77.4 Å². The maximum absolute atomic E-state index is 9.91. The van der Waals surface area contributed by atoms with Gasteiger partial charge in [-0.25, -0.2) is 0 Å². The summed E-state index contributed by atoms with van der Waals surface area (Å²) in [5, 5.41) is 18.0. The third-order valence-electron chi connectivity index (χ3n) is 0.929. The Balaban J connectivity index is 0. The summed E-state index contributed by atoms with van der Waals surface area (Å²) in [6.45, 7) is 3.10. The maximum atomic E-state index is 9.91. The Morgan fingerprint density at radius 2 is 1.82 bits per heavy atom. The summed E-state index contributed by atoms with van der Waals surface area (Å²) in [6, 6.07) is 0.